The number of hydrogen-bond acceptors (Lipinski definition) is 7. The van der Waals surface area contributed by atoms with Crippen molar-refractivity contribution in [2.45, 2.75) is 70.7 Å². The first kappa shape index (κ1) is 26.5. The minimum Gasteiger partial charge on any atom is -0.458 e. The molecule has 31 heavy (non-hydrogen) atoms. The predicted molar refractivity (Wildman–Crippen MR) is 105 cm³/mol. The molecule has 0 heterocycles. The molecule has 0 aliphatic heterocycles. The lowest BCUT2D eigenvalue weighted by atomic mass is 10.1. The molecule has 1 aromatic rings. The van der Waals surface area contributed by atoms with Crippen LogP contribution in [0.1, 0.15) is 47.1 Å². The third-order valence-electron chi connectivity index (χ3n) is 3.23. The van der Waals surface area contributed by atoms with E-state index in [1.807, 2.05) is 0 Å². The second kappa shape index (κ2) is 9.33. The second-order valence-corrected chi connectivity index (χ2v) is 10.1. The Labute approximate surface area is 179 Å². The topological polar surface area (TPSA) is 108 Å². The number of nitrogens with one attached hydrogen (secondary N) is 1. The van der Waals surface area contributed by atoms with E-state index in [2.05, 4.69) is 9.50 Å². The fraction of sp³-hybridized carbons (Fsp3) is 0.579. The van der Waals surface area contributed by atoms with Crippen molar-refractivity contribution in [1.29, 1.82) is 0 Å². The lowest BCUT2D eigenvalue weighted by Gasteiger charge is -2.26. The number of carbonyl (C=O) groups excluding carboxylic acids is 2. The highest BCUT2D eigenvalue weighted by Gasteiger charge is 2.48. The van der Waals surface area contributed by atoms with E-state index >= 15 is 0 Å². The summed E-state index contributed by atoms with van der Waals surface area (Å²) >= 11 is 0. The van der Waals surface area contributed by atoms with Gasteiger partial charge < -0.3 is 19.0 Å². The number of esters is 1. The molecule has 0 aliphatic carbocycles. The van der Waals surface area contributed by atoms with Crippen LogP contribution in [0.3, 0.4) is 0 Å². The van der Waals surface area contributed by atoms with Crippen LogP contribution in [0.4, 0.5) is 18.0 Å². The zero-order valence-corrected chi connectivity index (χ0v) is 18.8. The highest BCUT2D eigenvalue weighted by atomic mass is 32.2. The molecule has 1 rings (SSSR count). The minimum atomic E-state index is -5.80. The molecule has 8 nitrogen and oxygen atoms in total. The zero-order valence-electron chi connectivity index (χ0n) is 18.0. The Morgan fingerprint density at radius 3 is 1.84 bits per heavy atom. The number of alkyl halides is 3. The fourth-order valence-corrected chi connectivity index (χ4v) is 2.57. The van der Waals surface area contributed by atoms with Crippen LogP contribution in [0.2, 0.25) is 0 Å². The maximum atomic E-state index is 12.5. The summed E-state index contributed by atoms with van der Waals surface area (Å²) in [4.78, 5) is 24.6. The Balaban J connectivity index is 3.00. The van der Waals surface area contributed by atoms with Crippen molar-refractivity contribution >= 4 is 22.2 Å². The molecule has 0 fully saturated rings. The van der Waals surface area contributed by atoms with E-state index in [9.17, 15) is 31.2 Å². The van der Waals surface area contributed by atoms with Gasteiger partial charge >= 0.3 is 27.7 Å². The monoisotopic (exact) mass is 469 g/mol. The summed E-state index contributed by atoms with van der Waals surface area (Å²) < 4.78 is 73.9. The van der Waals surface area contributed by atoms with Gasteiger partial charge in [0, 0.05) is 6.42 Å². The molecule has 0 bridgehead atoms. The number of rotatable bonds is 6. The molecule has 1 atom stereocenters. The minimum absolute atomic E-state index is 0.0968. The normalized spacial score (nSPS) is 13.8. The van der Waals surface area contributed by atoms with E-state index in [0.717, 1.165) is 12.1 Å². The fourth-order valence-electron chi connectivity index (χ4n) is 2.11. The van der Waals surface area contributed by atoms with Gasteiger partial charge in [0.05, 0.1) is 0 Å². The van der Waals surface area contributed by atoms with Crippen molar-refractivity contribution in [2.75, 3.05) is 0 Å². The van der Waals surface area contributed by atoms with Gasteiger partial charge in [-0.05, 0) is 59.2 Å². The van der Waals surface area contributed by atoms with Gasteiger partial charge in [0.15, 0.2) is 0 Å². The number of hydrogen-bond donors (Lipinski definition) is 1. The van der Waals surface area contributed by atoms with Crippen molar-refractivity contribution in [3.8, 4) is 5.75 Å². The summed E-state index contributed by atoms with van der Waals surface area (Å²) in [6, 6.07) is 3.35. The SMILES string of the molecule is CC(C)(C)OC(=O)NC(Cc1ccc(OS(=O)(=O)C(F)(F)F)cc1)C(=O)OC(C)(C)C. The molecular formula is C19H26F3NO7S. The quantitative estimate of drug-likeness (QED) is 0.385. The van der Waals surface area contributed by atoms with Crippen molar-refractivity contribution in [3.05, 3.63) is 29.8 Å². The number of carbonyl (C=O) groups is 2. The zero-order chi connectivity index (χ0) is 24.3. The summed E-state index contributed by atoms with van der Waals surface area (Å²) in [6.07, 6.45) is -0.958. The molecule has 0 spiro atoms. The molecule has 0 aliphatic rings. The molecule has 1 amide bonds. The highest BCUT2D eigenvalue weighted by molar-refractivity contribution is 7.88. The molecule has 0 radical (unpaired) electrons. The van der Waals surface area contributed by atoms with Crippen LogP contribution >= 0.6 is 0 Å². The van der Waals surface area contributed by atoms with Gasteiger partial charge in [0.1, 0.15) is 23.0 Å². The first-order valence-electron chi connectivity index (χ1n) is 9.11. The Bertz CT molecular complexity index is 883. The number of halogens is 3. The van der Waals surface area contributed by atoms with Crippen LogP contribution < -0.4 is 9.50 Å². The summed E-state index contributed by atoms with van der Waals surface area (Å²) in [6.45, 7) is 9.85. The molecule has 0 saturated carbocycles. The van der Waals surface area contributed by atoms with Gasteiger partial charge in [-0.25, -0.2) is 9.59 Å². The van der Waals surface area contributed by atoms with E-state index in [-0.39, 0.29) is 6.42 Å². The Kier molecular flexibility index (Phi) is 7.98. The first-order valence-corrected chi connectivity index (χ1v) is 10.5. The maximum Gasteiger partial charge on any atom is 0.534 e. The van der Waals surface area contributed by atoms with Gasteiger partial charge in [-0.1, -0.05) is 12.1 Å². The third-order valence-corrected chi connectivity index (χ3v) is 4.21. The lowest BCUT2D eigenvalue weighted by molar-refractivity contribution is -0.157. The Morgan fingerprint density at radius 2 is 1.42 bits per heavy atom. The van der Waals surface area contributed by atoms with Gasteiger partial charge in [-0.3, -0.25) is 0 Å². The molecule has 0 saturated heterocycles. The van der Waals surface area contributed by atoms with Gasteiger partial charge in [-0.2, -0.15) is 21.6 Å². The van der Waals surface area contributed by atoms with Crippen LogP contribution in [0.15, 0.2) is 24.3 Å². The molecule has 12 heteroatoms. The number of benzene rings is 1. The lowest BCUT2D eigenvalue weighted by Crippen LogP contribution is -2.47. The van der Waals surface area contributed by atoms with Crippen molar-refractivity contribution in [1.82, 2.24) is 5.32 Å². The number of ether oxygens (including phenoxy) is 2. The van der Waals surface area contributed by atoms with E-state index in [0.29, 0.717) is 5.56 Å². The summed E-state index contributed by atoms with van der Waals surface area (Å²) in [5, 5.41) is 2.41. The van der Waals surface area contributed by atoms with Crippen LogP contribution in [-0.4, -0.2) is 43.2 Å². The maximum absolute atomic E-state index is 12.5. The largest absolute Gasteiger partial charge is 0.534 e. The summed E-state index contributed by atoms with van der Waals surface area (Å²) in [7, 11) is -5.80. The standard InChI is InChI=1S/C19H26F3NO7S/c1-17(2,3)28-15(24)14(23-16(25)29-18(4,5)6)11-12-7-9-13(10-8-12)30-31(26,27)19(20,21)22/h7-10,14H,11H2,1-6H3,(H,23,25). The molecular weight excluding hydrogens is 443 g/mol. The van der Waals surface area contributed by atoms with Crippen LogP contribution in [0.25, 0.3) is 0 Å². The summed E-state index contributed by atoms with van der Waals surface area (Å²) in [5.74, 6) is -1.31. The summed E-state index contributed by atoms with van der Waals surface area (Å²) in [5.41, 5.74) is -6.83. The predicted octanol–water partition coefficient (Wildman–Crippen LogP) is 3.69. The number of amides is 1. The van der Waals surface area contributed by atoms with Crippen molar-refractivity contribution < 1.29 is 44.8 Å². The van der Waals surface area contributed by atoms with Gasteiger partial charge in [0.2, 0.25) is 0 Å². The average molecular weight is 469 g/mol. The van der Waals surface area contributed by atoms with Crippen LogP contribution in [-0.2, 0) is 30.8 Å². The Morgan fingerprint density at radius 1 is 0.935 bits per heavy atom. The van der Waals surface area contributed by atoms with E-state index in [1.165, 1.54) is 12.1 Å². The Hall–Kier alpha value is -2.50. The van der Waals surface area contributed by atoms with Crippen LogP contribution in [0.5, 0.6) is 5.75 Å². The smallest absolute Gasteiger partial charge is 0.458 e. The van der Waals surface area contributed by atoms with E-state index in [4.69, 9.17) is 9.47 Å². The highest BCUT2D eigenvalue weighted by Crippen LogP contribution is 2.27. The molecule has 1 aromatic carbocycles. The molecule has 0 aromatic heterocycles. The second-order valence-electron chi connectivity index (χ2n) is 8.56. The van der Waals surface area contributed by atoms with E-state index in [1.54, 1.807) is 41.5 Å². The molecule has 1 unspecified atom stereocenters. The van der Waals surface area contributed by atoms with Gasteiger partial charge in [-0.15, -0.1) is 0 Å². The van der Waals surface area contributed by atoms with E-state index < -0.39 is 50.7 Å². The first-order chi connectivity index (χ1) is 13.8. The molecule has 176 valence electrons. The van der Waals surface area contributed by atoms with Crippen molar-refractivity contribution in [3.63, 3.8) is 0 Å². The molecule has 1 N–H and O–H groups in total. The average Bonchev–Trinajstić information content (AvgIpc) is 2.51. The number of alkyl carbamates (subject to hydrolysis) is 1. The van der Waals surface area contributed by atoms with Crippen LogP contribution in [0, 0.1) is 0 Å². The third kappa shape index (κ3) is 9.45. The van der Waals surface area contributed by atoms with Gasteiger partial charge in [0.25, 0.3) is 0 Å². The van der Waals surface area contributed by atoms with Crippen molar-refractivity contribution in [2.24, 2.45) is 0 Å².